The van der Waals surface area contributed by atoms with E-state index in [-0.39, 0.29) is 5.60 Å². The van der Waals surface area contributed by atoms with Crippen LogP contribution < -0.4 is 4.74 Å². The highest BCUT2D eigenvalue weighted by atomic mass is 35.5. The van der Waals surface area contributed by atoms with E-state index in [0.29, 0.717) is 11.0 Å². The van der Waals surface area contributed by atoms with Crippen LogP contribution in [0.4, 0.5) is 0 Å². The van der Waals surface area contributed by atoms with Gasteiger partial charge in [0.25, 0.3) is 0 Å². The van der Waals surface area contributed by atoms with Gasteiger partial charge in [-0.15, -0.1) is 0 Å². The number of rotatable bonds is 2. The van der Waals surface area contributed by atoms with E-state index in [0.717, 1.165) is 22.2 Å². The minimum atomic E-state index is -0.323. The van der Waals surface area contributed by atoms with E-state index in [1.54, 1.807) is 6.20 Å². The van der Waals surface area contributed by atoms with Gasteiger partial charge in [0.2, 0.25) is 5.88 Å². The summed E-state index contributed by atoms with van der Waals surface area (Å²) in [4.78, 5) is 11.6. The predicted octanol–water partition coefficient (Wildman–Crippen LogP) is 4.46. The first-order valence-electron chi connectivity index (χ1n) is 6.71. The smallest absolute Gasteiger partial charge is 0.215 e. The van der Waals surface area contributed by atoms with E-state index in [1.807, 2.05) is 51.2 Å². The third-order valence-corrected chi connectivity index (χ3v) is 3.15. The number of H-pyrrole nitrogens is 1. The molecule has 0 spiro atoms. The number of fused-ring (bicyclic) bond motifs is 1. The van der Waals surface area contributed by atoms with Gasteiger partial charge < -0.3 is 9.72 Å². The highest BCUT2D eigenvalue weighted by Gasteiger charge is 2.15. The van der Waals surface area contributed by atoms with Crippen LogP contribution in [0.5, 0.6) is 5.88 Å². The van der Waals surface area contributed by atoms with E-state index < -0.39 is 0 Å². The number of pyridine rings is 2. The number of nitrogens with zero attached hydrogens (tertiary/aromatic N) is 2. The van der Waals surface area contributed by atoms with Crippen LogP contribution in [0.2, 0.25) is 5.15 Å². The van der Waals surface area contributed by atoms with Crippen LogP contribution in [0.1, 0.15) is 20.8 Å². The Morgan fingerprint density at radius 3 is 2.76 bits per heavy atom. The molecule has 3 heterocycles. The molecule has 0 aliphatic heterocycles. The Morgan fingerprint density at radius 2 is 2.00 bits per heavy atom. The molecular weight excluding hydrogens is 286 g/mol. The summed E-state index contributed by atoms with van der Waals surface area (Å²) in [5.41, 5.74) is 2.53. The average Bonchev–Trinajstić information content (AvgIpc) is 2.83. The first-order chi connectivity index (χ1) is 9.92. The quantitative estimate of drug-likeness (QED) is 0.711. The number of hydrogen-bond donors (Lipinski definition) is 1. The molecule has 0 aromatic carbocycles. The van der Waals surface area contributed by atoms with Crippen LogP contribution in [0.3, 0.4) is 0 Å². The van der Waals surface area contributed by atoms with Gasteiger partial charge in [0.15, 0.2) is 0 Å². The van der Waals surface area contributed by atoms with E-state index in [1.165, 1.54) is 0 Å². The first kappa shape index (κ1) is 13.9. The molecule has 0 atom stereocenters. The Kier molecular flexibility index (Phi) is 3.33. The summed E-state index contributed by atoms with van der Waals surface area (Å²) in [6.07, 6.45) is 3.64. The van der Waals surface area contributed by atoms with Gasteiger partial charge in [-0.05, 0) is 50.1 Å². The maximum atomic E-state index is 6.14. The molecule has 0 unspecified atom stereocenters. The van der Waals surface area contributed by atoms with Gasteiger partial charge >= 0.3 is 0 Å². The van der Waals surface area contributed by atoms with Crippen molar-refractivity contribution in [2.45, 2.75) is 26.4 Å². The fourth-order valence-corrected chi connectivity index (χ4v) is 2.41. The lowest BCUT2D eigenvalue weighted by Gasteiger charge is -2.20. The van der Waals surface area contributed by atoms with E-state index >= 15 is 0 Å². The van der Waals surface area contributed by atoms with Crippen molar-refractivity contribution in [3.8, 4) is 17.0 Å². The van der Waals surface area contributed by atoms with Crippen LogP contribution in [0.15, 0.2) is 36.7 Å². The monoisotopic (exact) mass is 301 g/mol. The maximum Gasteiger partial charge on any atom is 0.215 e. The highest BCUT2D eigenvalue weighted by Crippen LogP contribution is 2.31. The van der Waals surface area contributed by atoms with Crippen molar-refractivity contribution in [1.82, 2.24) is 15.0 Å². The molecule has 1 N–H and O–H groups in total. The molecule has 0 aliphatic carbocycles. The fourth-order valence-electron chi connectivity index (χ4n) is 2.21. The lowest BCUT2D eigenvalue weighted by atomic mass is 10.1. The summed E-state index contributed by atoms with van der Waals surface area (Å²) < 4.78 is 5.82. The standard InChI is InChI=1S/C16H16ClN3O/c1-16(2,3)21-14-9-10(8-13(17)20-14)11-4-6-18-15-12(11)5-7-19-15/h4-9H,1-3H3,(H,18,19). The van der Waals surface area contributed by atoms with Crippen molar-refractivity contribution in [1.29, 1.82) is 0 Å². The van der Waals surface area contributed by atoms with Gasteiger partial charge in [-0.1, -0.05) is 11.6 Å². The van der Waals surface area contributed by atoms with Crippen LogP contribution in [0, 0.1) is 0 Å². The number of aromatic amines is 1. The molecule has 0 saturated heterocycles. The van der Waals surface area contributed by atoms with Crippen molar-refractivity contribution in [2.24, 2.45) is 0 Å². The Balaban J connectivity index is 2.12. The zero-order valence-electron chi connectivity index (χ0n) is 12.1. The third-order valence-electron chi connectivity index (χ3n) is 2.95. The number of hydrogen-bond acceptors (Lipinski definition) is 3. The van der Waals surface area contributed by atoms with Crippen molar-refractivity contribution in [3.63, 3.8) is 0 Å². The van der Waals surface area contributed by atoms with Gasteiger partial charge in [-0.2, -0.15) is 0 Å². The molecular formula is C16H16ClN3O. The van der Waals surface area contributed by atoms with Gasteiger partial charge in [0.1, 0.15) is 16.4 Å². The molecule has 0 radical (unpaired) electrons. The Morgan fingerprint density at radius 1 is 1.19 bits per heavy atom. The Hall–Kier alpha value is -2.07. The number of aromatic nitrogens is 3. The topological polar surface area (TPSA) is 50.8 Å². The molecule has 4 nitrogen and oxygen atoms in total. The molecule has 3 rings (SSSR count). The summed E-state index contributed by atoms with van der Waals surface area (Å²) in [5, 5.41) is 1.45. The molecule has 21 heavy (non-hydrogen) atoms. The van der Waals surface area contributed by atoms with E-state index in [2.05, 4.69) is 15.0 Å². The number of nitrogens with one attached hydrogen (secondary N) is 1. The van der Waals surface area contributed by atoms with E-state index in [4.69, 9.17) is 16.3 Å². The molecule has 3 aromatic rings. The summed E-state index contributed by atoms with van der Waals surface area (Å²) in [6, 6.07) is 7.69. The molecule has 3 aromatic heterocycles. The van der Waals surface area contributed by atoms with Crippen molar-refractivity contribution in [3.05, 3.63) is 41.8 Å². The predicted molar refractivity (Wildman–Crippen MR) is 84.7 cm³/mol. The van der Waals surface area contributed by atoms with Gasteiger partial charge in [0, 0.05) is 23.8 Å². The third kappa shape index (κ3) is 3.00. The van der Waals surface area contributed by atoms with Crippen LogP contribution in [-0.2, 0) is 0 Å². The maximum absolute atomic E-state index is 6.14. The molecule has 0 saturated carbocycles. The van der Waals surface area contributed by atoms with E-state index in [9.17, 15) is 0 Å². The van der Waals surface area contributed by atoms with Crippen LogP contribution >= 0.6 is 11.6 Å². The molecule has 5 heteroatoms. The van der Waals surface area contributed by atoms with Crippen LogP contribution in [0.25, 0.3) is 22.2 Å². The Labute approximate surface area is 128 Å². The van der Waals surface area contributed by atoms with Crippen LogP contribution in [-0.4, -0.2) is 20.6 Å². The largest absolute Gasteiger partial charge is 0.472 e. The number of halogens is 1. The summed E-state index contributed by atoms with van der Waals surface area (Å²) in [6.45, 7) is 5.93. The fraction of sp³-hybridized carbons (Fsp3) is 0.250. The molecule has 0 amide bonds. The summed E-state index contributed by atoms with van der Waals surface area (Å²) in [5.74, 6) is 0.519. The van der Waals surface area contributed by atoms with Crippen molar-refractivity contribution >= 4 is 22.6 Å². The second-order valence-electron chi connectivity index (χ2n) is 5.83. The normalized spacial score (nSPS) is 11.8. The van der Waals surface area contributed by atoms with Crippen molar-refractivity contribution < 1.29 is 4.74 Å². The SMILES string of the molecule is CC(C)(C)Oc1cc(-c2ccnc3[nH]ccc23)cc(Cl)n1. The minimum absolute atomic E-state index is 0.323. The zero-order valence-corrected chi connectivity index (χ0v) is 12.9. The summed E-state index contributed by atoms with van der Waals surface area (Å²) in [7, 11) is 0. The summed E-state index contributed by atoms with van der Waals surface area (Å²) >= 11 is 6.14. The van der Waals surface area contributed by atoms with Gasteiger partial charge in [-0.25, -0.2) is 9.97 Å². The van der Waals surface area contributed by atoms with Gasteiger partial charge in [-0.3, -0.25) is 0 Å². The first-order valence-corrected chi connectivity index (χ1v) is 7.09. The van der Waals surface area contributed by atoms with Gasteiger partial charge in [0.05, 0.1) is 0 Å². The second-order valence-corrected chi connectivity index (χ2v) is 6.22. The average molecular weight is 302 g/mol. The molecule has 0 aliphatic rings. The number of ether oxygens (including phenoxy) is 1. The lowest BCUT2D eigenvalue weighted by Crippen LogP contribution is -2.23. The Bertz CT molecular complexity index is 790. The minimum Gasteiger partial charge on any atom is -0.472 e. The molecule has 0 fully saturated rings. The van der Waals surface area contributed by atoms with Crippen molar-refractivity contribution in [2.75, 3.05) is 0 Å². The lowest BCUT2D eigenvalue weighted by molar-refractivity contribution is 0.124. The second kappa shape index (κ2) is 5.04. The highest BCUT2D eigenvalue weighted by molar-refractivity contribution is 6.29. The molecule has 108 valence electrons. The molecule has 0 bridgehead atoms. The zero-order chi connectivity index (χ0) is 15.0.